The quantitative estimate of drug-likeness (QED) is 0.346. The number of hydrogen-bond acceptors (Lipinski definition) is 6. The average molecular weight is 462 g/mol. The highest BCUT2D eigenvalue weighted by molar-refractivity contribution is 6.07. The molecule has 1 aromatic carbocycles. The number of pyridine rings is 1. The van der Waals surface area contributed by atoms with Crippen LogP contribution < -0.4 is 21.7 Å². The number of carbonyl (C=O) groups excluding carboxylic acids is 2. The number of nitrogen functional groups attached to an aromatic ring is 1. The maximum atomic E-state index is 15.0. The van der Waals surface area contributed by atoms with Gasteiger partial charge in [-0.05, 0) is 43.2 Å². The third-order valence-corrected chi connectivity index (χ3v) is 5.10. The number of anilines is 3. The molecule has 4 rings (SSSR count). The molecule has 0 aliphatic rings. The molecule has 34 heavy (non-hydrogen) atoms. The predicted octanol–water partition coefficient (Wildman–Crippen LogP) is 3.47. The van der Waals surface area contributed by atoms with Crippen LogP contribution in [0.3, 0.4) is 0 Å². The largest absolute Gasteiger partial charge is 0.382 e. The lowest BCUT2D eigenvalue weighted by atomic mass is 10.0. The first-order chi connectivity index (χ1) is 16.4. The Morgan fingerprint density at radius 1 is 1.15 bits per heavy atom. The average Bonchev–Trinajstić information content (AvgIpc) is 3.22. The van der Waals surface area contributed by atoms with Crippen molar-refractivity contribution >= 4 is 34.8 Å². The maximum Gasteiger partial charge on any atom is 0.324 e. The Morgan fingerprint density at radius 3 is 2.71 bits per heavy atom. The molecular weight excluding hydrogens is 439 g/mol. The molecule has 11 heteroatoms. The first kappa shape index (κ1) is 22.6. The van der Waals surface area contributed by atoms with Gasteiger partial charge in [-0.3, -0.25) is 10.1 Å². The summed E-state index contributed by atoms with van der Waals surface area (Å²) in [4.78, 5) is 33.3. The van der Waals surface area contributed by atoms with Crippen molar-refractivity contribution in [2.24, 2.45) is 0 Å². The van der Waals surface area contributed by atoms with Gasteiger partial charge in [0.1, 0.15) is 23.5 Å². The Labute approximate surface area is 194 Å². The van der Waals surface area contributed by atoms with E-state index < -0.39 is 11.8 Å². The standard InChI is InChI=1S/C23H23FN8O2/c1-3-14-6-5-7-18(29-14)31-23(34)30-17-9-8-13(10-16(17)24)19-15(22(33)26-4-2)11-32-20(19)21(25)27-12-28-32/h5-12H,3-4H2,1-2H3,(H,26,33)(H2,25,27,28)(H2,29,30,31,34). The van der Waals surface area contributed by atoms with Gasteiger partial charge in [-0.15, -0.1) is 0 Å². The first-order valence-electron chi connectivity index (χ1n) is 10.6. The molecule has 3 aromatic heterocycles. The minimum absolute atomic E-state index is 0.0415. The highest BCUT2D eigenvalue weighted by atomic mass is 19.1. The number of amides is 3. The van der Waals surface area contributed by atoms with Gasteiger partial charge in [0.15, 0.2) is 5.82 Å². The fourth-order valence-electron chi connectivity index (χ4n) is 3.54. The van der Waals surface area contributed by atoms with Crippen LogP contribution in [0.1, 0.15) is 29.9 Å². The van der Waals surface area contributed by atoms with E-state index in [0.717, 1.165) is 12.1 Å². The second-order valence-corrected chi connectivity index (χ2v) is 7.36. The van der Waals surface area contributed by atoms with Gasteiger partial charge in [-0.2, -0.15) is 5.10 Å². The van der Waals surface area contributed by atoms with Crippen molar-refractivity contribution < 1.29 is 14.0 Å². The molecule has 0 bridgehead atoms. The molecule has 174 valence electrons. The lowest BCUT2D eigenvalue weighted by Gasteiger charge is -2.11. The summed E-state index contributed by atoms with van der Waals surface area (Å²) in [7, 11) is 0. The fraction of sp³-hybridized carbons (Fsp3) is 0.174. The number of carbonyl (C=O) groups is 2. The lowest BCUT2D eigenvalue weighted by Crippen LogP contribution is -2.22. The second-order valence-electron chi connectivity index (χ2n) is 7.36. The molecule has 5 N–H and O–H groups in total. The van der Waals surface area contributed by atoms with Crippen molar-refractivity contribution in [3.05, 3.63) is 66.0 Å². The Balaban J connectivity index is 1.65. The minimum atomic E-state index is -0.695. The van der Waals surface area contributed by atoms with Crippen molar-refractivity contribution in [1.82, 2.24) is 24.9 Å². The second kappa shape index (κ2) is 9.53. The SMILES string of the molecule is CCNC(=O)c1cn2ncnc(N)c2c1-c1ccc(NC(=O)Nc2cccc(CC)n2)c(F)c1. The summed E-state index contributed by atoms with van der Waals surface area (Å²) >= 11 is 0. The van der Waals surface area contributed by atoms with Crippen LogP contribution in [0.15, 0.2) is 48.9 Å². The summed E-state index contributed by atoms with van der Waals surface area (Å²) in [6.45, 7) is 4.16. The summed E-state index contributed by atoms with van der Waals surface area (Å²) < 4.78 is 16.4. The number of nitrogens with zero attached hydrogens (tertiary/aromatic N) is 4. The number of hydrogen-bond donors (Lipinski definition) is 4. The topological polar surface area (TPSA) is 139 Å². The summed E-state index contributed by atoms with van der Waals surface area (Å²) in [6.07, 6.45) is 3.50. The van der Waals surface area contributed by atoms with Crippen molar-refractivity contribution in [3.8, 4) is 11.1 Å². The monoisotopic (exact) mass is 462 g/mol. The number of rotatable bonds is 6. The van der Waals surface area contributed by atoms with Crippen molar-refractivity contribution in [1.29, 1.82) is 0 Å². The molecule has 3 heterocycles. The summed E-state index contributed by atoms with van der Waals surface area (Å²) in [6, 6.07) is 8.84. The number of nitrogens with one attached hydrogen (secondary N) is 3. The zero-order valence-electron chi connectivity index (χ0n) is 18.6. The van der Waals surface area contributed by atoms with Gasteiger partial charge in [0, 0.05) is 24.0 Å². The van der Waals surface area contributed by atoms with E-state index in [-0.39, 0.29) is 23.0 Å². The van der Waals surface area contributed by atoms with Crippen molar-refractivity contribution in [3.63, 3.8) is 0 Å². The highest BCUT2D eigenvalue weighted by Gasteiger charge is 2.22. The van der Waals surface area contributed by atoms with Crippen LogP contribution in [0.5, 0.6) is 0 Å². The van der Waals surface area contributed by atoms with Gasteiger partial charge in [-0.1, -0.05) is 19.1 Å². The molecule has 0 atom stereocenters. The van der Waals surface area contributed by atoms with Gasteiger partial charge < -0.3 is 16.4 Å². The van der Waals surface area contributed by atoms with E-state index in [1.807, 2.05) is 13.0 Å². The number of aryl methyl sites for hydroxylation is 1. The Morgan fingerprint density at radius 2 is 1.97 bits per heavy atom. The number of halogens is 1. The lowest BCUT2D eigenvalue weighted by molar-refractivity contribution is 0.0956. The fourth-order valence-corrected chi connectivity index (χ4v) is 3.54. The van der Waals surface area contributed by atoms with Gasteiger partial charge in [0.05, 0.1) is 11.3 Å². The molecule has 0 aliphatic carbocycles. The van der Waals surface area contributed by atoms with Gasteiger partial charge in [0.2, 0.25) is 0 Å². The number of aromatic nitrogens is 4. The molecule has 10 nitrogen and oxygen atoms in total. The number of nitrogens with two attached hydrogens (primary N) is 1. The van der Waals surface area contributed by atoms with Crippen LogP contribution in [0, 0.1) is 5.82 Å². The third-order valence-electron chi connectivity index (χ3n) is 5.10. The molecule has 4 aromatic rings. The number of benzene rings is 1. The number of fused-ring (bicyclic) bond motifs is 1. The molecule has 0 fully saturated rings. The van der Waals surface area contributed by atoms with Gasteiger partial charge >= 0.3 is 6.03 Å². The summed E-state index contributed by atoms with van der Waals surface area (Å²) in [5.74, 6) is -0.550. The predicted molar refractivity (Wildman–Crippen MR) is 127 cm³/mol. The molecule has 0 unspecified atom stereocenters. The Bertz CT molecular complexity index is 1380. The molecule has 0 radical (unpaired) electrons. The van der Waals surface area contributed by atoms with E-state index in [2.05, 4.69) is 31.0 Å². The van der Waals surface area contributed by atoms with E-state index in [1.165, 1.54) is 29.2 Å². The van der Waals surface area contributed by atoms with E-state index in [1.54, 1.807) is 25.1 Å². The molecule has 0 saturated carbocycles. The van der Waals surface area contributed by atoms with Gasteiger partial charge in [0.25, 0.3) is 5.91 Å². The van der Waals surface area contributed by atoms with Crippen LogP contribution in [0.25, 0.3) is 16.6 Å². The molecule has 0 aliphatic heterocycles. The van der Waals surface area contributed by atoms with Crippen LogP contribution in [-0.4, -0.2) is 38.1 Å². The van der Waals surface area contributed by atoms with Crippen LogP contribution in [0.4, 0.5) is 26.5 Å². The smallest absolute Gasteiger partial charge is 0.324 e. The summed E-state index contributed by atoms with van der Waals surface area (Å²) in [5.41, 5.74) is 8.24. The van der Waals surface area contributed by atoms with Gasteiger partial charge in [-0.25, -0.2) is 23.7 Å². The minimum Gasteiger partial charge on any atom is -0.382 e. The molecule has 0 spiro atoms. The van der Waals surface area contributed by atoms with Crippen molar-refractivity contribution in [2.75, 3.05) is 22.9 Å². The molecule has 3 amide bonds. The van der Waals surface area contributed by atoms with E-state index in [9.17, 15) is 9.59 Å². The third kappa shape index (κ3) is 4.49. The summed E-state index contributed by atoms with van der Waals surface area (Å²) in [5, 5.41) is 11.9. The number of urea groups is 1. The van der Waals surface area contributed by atoms with Crippen molar-refractivity contribution in [2.45, 2.75) is 20.3 Å². The highest BCUT2D eigenvalue weighted by Crippen LogP contribution is 2.34. The van der Waals surface area contributed by atoms with Crippen LogP contribution in [-0.2, 0) is 6.42 Å². The van der Waals surface area contributed by atoms with E-state index >= 15 is 4.39 Å². The van der Waals surface area contributed by atoms with E-state index in [0.29, 0.717) is 29.0 Å². The zero-order valence-corrected chi connectivity index (χ0v) is 18.6. The van der Waals surface area contributed by atoms with Crippen LogP contribution in [0.2, 0.25) is 0 Å². The first-order valence-corrected chi connectivity index (χ1v) is 10.6. The van der Waals surface area contributed by atoms with E-state index in [4.69, 9.17) is 5.73 Å². The van der Waals surface area contributed by atoms with Crippen LogP contribution >= 0.6 is 0 Å². The molecular formula is C23H23FN8O2. The Kier molecular flexibility index (Phi) is 6.35. The molecule has 0 saturated heterocycles. The Hall–Kier alpha value is -4.54. The normalized spacial score (nSPS) is 10.8. The maximum absolute atomic E-state index is 15.0. The zero-order chi connectivity index (χ0) is 24.2.